The maximum Gasteiger partial charge on any atom is 0.395 e. The standard InChI is InChI=1S/C24H27N3O4S/c1-2-3-4-5-6-7-15-31-20-12-10-19(11-13-20)27(22(28)23(29)30)24-26-21(17-32-24)18-9-8-14-25-16-18/h8-14,16-17H,2-7,15H2,1H3,(H,29,30). The van der Waals surface area contributed by atoms with E-state index in [0.717, 1.165) is 23.3 Å². The van der Waals surface area contributed by atoms with Gasteiger partial charge in [0.25, 0.3) is 0 Å². The van der Waals surface area contributed by atoms with Gasteiger partial charge in [-0.15, -0.1) is 11.3 Å². The predicted octanol–water partition coefficient (Wildman–Crippen LogP) is 5.69. The molecule has 8 heteroatoms. The molecule has 32 heavy (non-hydrogen) atoms. The number of carbonyl (C=O) groups is 2. The molecule has 3 aromatic rings. The number of nitrogens with zero attached hydrogens (tertiary/aromatic N) is 3. The summed E-state index contributed by atoms with van der Waals surface area (Å²) in [6, 6.07) is 10.5. The van der Waals surface area contributed by atoms with Crippen LogP contribution in [0.25, 0.3) is 11.3 Å². The van der Waals surface area contributed by atoms with Crippen molar-refractivity contribution in [3.8, 4) is 17.0 Å². The Morgan fingerprint density at radius 2 is 1.81 bits per heavy atom. The summed E-state index contributed by atoms with van der Waals surface area (Å²) in [7, 11) is 0. The summed E-state index contributed by atoms with van der Waals surface area (Å²) in [4.78, 5) is 33.5. The van der Waals surface area contributed by atoms with Crippen molar-refractivity contribution < 1.29 is 19.4 Å². The summed E-state index contributed by atoms with van der Waals surface area (Å²) in [5.41, 5.74) is 1.83. The fraction of sp³-hybridized carbons (Fsp3) is 0.333. The molecule has 7 nitrogen and oxygen atoms in total. The number of unbranched alkanes of at least 4 members (excludes halogenated alkanes) is 5. The van der Waals surface area contributed by atoms with Crippen LogP contribution in [0.5, 0.6) is 5.75 Å². The van der Waals surface area contributed by atoms with E-state index in [1.807, 2.05) is 6.07 Å². The Morgan fingerprint density at radius 1 is 1.06 bits per heavy atom. The summed E-state index contributed by atoms with van der Waals surface area (Å²) >= 11 is 1.19. The summed E-state index contributed by atoms with van der Waals surface area (Å²) in [5, 5.41) is 11.4. The first-order valence-corrected chi connectivity index (χ1v) is 11.6. The van der Waals surface area contributed by atoms with Crippen molar-refractivity contribution >= 4 is 34.0 Å². The number of carboxylic acids is 1. The van der Waals surface area contributed by atoms with E-state index in [1.54, 1.807) is 48.1 Å². The lowest BCUT2D eigenvalue weighted by Crippen LogP contribution is -2.32. The molecule has 2 aromatic heterocycles. The monoisotopic (exact) mass is 453 g/mol. The lowest BCUT2D eigenvalue weighted by molar-refractivity contribution is -0.148. The normalized spacial score (nSPS) is 10.7. The molecule has 0 aliphatic carbocycles. The minimum atomic E-state index is -1.55. The van der Waals surface area contributed by atoms with Crippen LogP contribution in [-0.4, -0.2) is 33.6 Å². The number of aromatic nitrogens is 2. The number of carboxylic acid groups (broad SMARTS) is 1. The highest BCUT2D eigenvalue weighted by Crippen LogP contribution is 2.33. The van der Waals surface area contributed by atoms with Crippen molar-refractivity contribution in [2.75, 3.05) is 11.5 Å². The summed E-state index contributed by atoms with van der Waals surface area (Å²) in [6.07, 6.45) is 10.4. The highest BCUT2D eigenvalue weighted by molar-refractivity contribution is 7.14. The zero-order chi connectivity index (χ0) is 22.8. The van der Waals surface area contributed by atoms with E-state index in [4.69, 9.17) is 4.74 Å². The number of carbonyl (C=O) groups excluding carboxylic acids is 1. The molecule has 3 rings (SSSR count). The summed E-state index contributed by atoms with van der Waals surface area (Å²) < 4.78 is 5.78. The SMILES string of the molecule is CCCCCCCCOc1ccc(N(C(=O)C(=O)O)c2nc(-c3cccnc3)cs2)cc1. The number of aliphatic carboxylic acids is 1. The molecule has 0 aliphatic rings. The molecule has 0 saturated carbocycles. The Kier molecular flexibility index (Phi) is 8.74. The van der Waals surface area contributed by atoms with Crippen LogP contribution >= 0.6 is 11.3 Å². The van der Waals surface area contributed by atoms with Crippen molar-refractivity contribution in [3.05, 3.63) is 54.2 Å². The Morgan fingerprint density at radius 3 is 2.50 bits per heavy atom. The fourth-order valence-electron chi connectivity index (χ4n) is 3.19. The van der Waals surface area contributed by atoms with Gasteiger partial charge in [0.2, 0.25) is 0 Å². The number of anilines is 2. The van der Waals surface area contributed by atoms with E-state index >= 15 is 0 Å². The van der Waals surface area contributed by atoms with Crippen LogP contribution in [0.4, 0.5) is 10.8 Å². The number of rotatable bonds is 11. The molecule has 0 aliphatic heterocycles. The van der Waals surface area contributed by atoms with Gasteiger partial charge in [-0.05, 0) is 42.8 Å². The molecule has 0 saturated heterocycles. The maximum atomic E-state index is 12.4. The van der Waals surface area contributed by atoms with Gasteiger partial charge in [-0.2, -0.15) is 0 Å². The topological polar surface area (TPSA) is 92.6 Å². The average Bonchev–Trinajstić information content (AvgIpc) is 3.30. The molecule has 168 valence electrons. The second kappa shape index (κ2) is 12.0. The second-order valence-electron chi connectivity index (χ2n) is 7.31. The Balaban J connectivity index is 1.68. The van der Waals surface area contributed by atoms with E-state index in [9.17, 15) is 14.7 Å². The Hall–Kier alpha value is -3.26. The first-order chi connectivity index (χ1) is 15.6. The fourth-order valence-corrected chi connectivity index (χ4v) is 4.04. The van der Waals surface area contributed by atoms with Crippen molar-refractivity contribution in [1.29, 1.82) is 0 Å². The number of ether oxygens (including phenoxy) is 1. The zero-order valence-corrected chi connectivity index (χ0v) is 18.9. The van der Waals surface area contributed by atoms with Crippen LogP contribution in [0, 0.1) is 0 Å². The van der Waals surface area contributed by atoms with Gasteiger partial charge in [0.05, 0.1) is 18.0 Å². The van der Waals surface area contributed by atoms with Gasteiger partial charge >= 0.3 is 11.9 Å². The van der Waals surface area contributed by atoms with Gasteiger partial charge in [-0.25, -0.2) is 14.7 Å². The Bertz CT molecular complexity index is 1010. The van der Waals surface area contributed by atoms with Gasteiger partial charge in [0, 0.05) is 23.3 Å². The third-order valence-corrected chi connectivity index (χ3v) is 5.71. The van der Waals surface area contributed by atoms with Crippen LogP contribution in [-0.2, 0) is 9.59 Å². The maximum absolute atomic E-state index is 12.4. The summed E-state index contributed by atoms with van der Waals surface area (Å²) in [6.45, 7) is 2.83. The molecule has 1 aromatic carbocycles. The molecule has 1 amide bonds. The van der Waals surface area contributed by atoms with E-state index < -0.39 is 11.9 Å². The van der Waals surface area contributed by atoms with E-state index in [-0.39, 0.29) is 5.13 Å². The molecule has 2 heterocycles. The van der Waals surface area contributed by atoms with Crippen molar-refractivity contribution in [3.63, 3.8) is 0 Å². The predicted molar refractivity (Wildman–Crippen MR) is 125 cm³/mol. The molecule has 0 fully saturated rings. The highest BCUT2D eigenvalue weighted by atomic mass is 32.1. The van der Waals surface area contributed by atoms with Crippen LogP contribution in [0.15, 0.2) is 54.2 Å². The van der Waals surface area contributed by atoms with Gasteiger partial charge in [0.15, 0.2) is 5.13 Å². The van der Waals surface area contributed by atoms with E-state index in [0.29, 0.717) is 23.7 Å². The smallest absolute Gasteiger partial charge is 0.395 e. The van der Waals surface area contributed by atoms with Gasteiger partial charge in [-0.3, -0.25) is 9.78 Å². The molecule has 0 spiro atoms. The van der Waals surface area contributed by atoms with E-state index in [1.165, 1.54) is 37.0 Å². The number of hydrogen-bond acceptors (Lipinski definition) is 6. The number of hydrogen-bond donors (Lipinski definition) is 1. The van der Waals surface area contributed by atoms with Crippen molar-refractivity contribution in [1.82, 2.24) is 9.97 Å². The number of amides is 1. The molecule has 1 N–H and O–H groups in total. The lowest BCUT2D eigenvalue weighted by Gasteiger charge is -2.18. The van der Waals surface area contributed by atoms with Crippen molar-refractivity contribution in [2.45, 2.75) is 45.4 Å². The van der Waals surface area contributed by atoms with Crippen LogP contribution < -0.4 is 9.64 Å². The quantitative estimate of drug-likeness (QED) is 0.296. The molecule has 0 radical (unpaired) electrons. The van der Waals surface area contributed by atoms with Gasteiger partial charge < -0.3 is 9.84 Å². The molecule has 0 unspecified atom stereocenters. The largest absolute Gasteiger partial charge is 0.494 e. The number of pyridine rings is 1. The second-order valence-corrected chi connectivity index (χ2v) is 8.15. The third kappa shape index (κ3) is 6.37. The molecule has 0 atom stereocenters. The first kappa shape index (κ1) is 23.4. The van der Waals surface area contributed by atoms with Crippen molar-refractivity contribution in [2.24, 2.45) is 0 Å². The molecular weight excluding hydrogens is 426 g/mol. The first-order valence-electron chi connectivity index (χ1n) is 10.8. The minimum Gasteiger partial charge on any atom is -0.494 e. The number of thiazole rings is 1. The minimum absolute atomic E-state index is 0.275. The van der Waals surface area contributed by atoms with E-state index in [2.05, 4.69) is 16.9 Å². The van der Waals surface area contributed by atoms with Gasteiger partial charge in [0.1, 0.15) is 5.75 Å². The number of benzene rings is 1. The molecular formula is C24H27N3O4S. The summed E-state index contributed by atoms with van der Waals surface area (Å²) in [5.74, 6) is -1.94. The van der Waals surface area contributed by atoms with Crippen LogP contribution in [0.1, 0.15) is 45.4 Å². The Labute approximate surface area is 191 Å². The van der Waals surface area contributed by atoms with Crippen LogP contribution in [0.2, 0.25) is 0 Å². The zero-order valence-electron chi connectivity index (χ0n) is 18.1. The third-order valence-electron chi connectivity index (χ3n) is 4.89. The van der Waals surface area contributed by atoms with Crippen LogP contribution in [0.3, 0.4) is 0 Å². The lowest BCUT2D eigenvalue weighted by atomic mass is 10.1. The highest BCUT2D eigenvalue weighted by Gasteiger charge is 2.27. The molecule has 0 bridgehead atoms. The average molecular weight is 454 g/mol. The van der Waals surface area contributed by atoms with Gasteiger partial charge in [-0.1, -0.05) is 39.0 Å².